The van der Waals surface area contributed by atoms with E-state index in [9.17, 15) is 14.4 Å². The molecule has 0 radical (unpaired) electrons. The van der Waals surface area contributed by atoms with Gasteiger partial charge in [-0.1, -0.05) is 41.4 Å². The number of hydrogen-bond donors (Lipinski definition) is 0. The topological polar surface area (TPSA) is 63.7 Å². The van der Waals surface area contributed by atoms with Gasteiger partial charge in [-0.05, 0) is 36.8 Å². The zero-order valence-electron chi connectivity index (χ0n) is 13.6. The summed E-state index contributed by atoms with van der Waals surface area (Å²) in [4.78, 5) is 38.8. The number of benzene rings is 2. The highest BCUT2D eigenvalue weighted by atomic mass is 79.9. The minimum atomic E-state index is -0.540. The van der Waals surface area contributed by atoms with E-state index in [0.29, 0.717) is 22.2 Å². The van der Waals surface area contributed by atoms with Crippen molar-refractivity contribution in [3.8, 4) is 0 Å². The van der Waals surface area contributed by atoms with Gasteiger partial charge in [-0.15, -0.1) is 0 Å². The molecule has 0 N–H and O–H groups in total. The number of nitrogens with zero attached hydrogens (tertiary/aromatic N) is 1. The highest BCUT2D eigenvalue weighted by molar-refractivity contribution is 9.10. The Morgan fingerprint density at radius 3 is 2.56 bits per heavy atom. The highest BCUT2D eigenvalue weighted by Gasteiger charge is 2.38. The Morgan fingerprint density at radius 1 is 1.08 bits per heavy atom. The maximum atomic E-state index is 12.7. The predicted octanol–water partition coefficient (Wildman–Crippen LogP) is 4.21. The maximum absolute atomic E-state index is 12.7. The highest BCUT2D eigenvalue weighted by Crippen LogP contribution is 2.32. The minimum Gasteiger partial charge on any atom is -0.462 e. The fourth-order valence-corrected chi connectivity index (χ4v) is 3.02. The van der Waals surface area contributed by atoms with Gasteiger partial charge in [-0.2, -0.15) is 0 Å². The number of carbonyl (C=O) groups is 3. The van der Waals surface area contributed by atoms with E-state index in [0.717, 1.165) is 17.7 Å². The molecule has 25 heavy (non-hydrogen) atoms. The van der Waals surface area contributed by atoms with Crippen LogP contribution in [0.25, 0.3) is 0 Å². The molecule has 0 fully saturated rings. The van der Waals surface area contributed by atoms with Crippen molar-refractivity contribution in [1.29, 1.82) is 0 Å². The van der Waals surface area contributed by atoms with E-state index in [2.05, 4.69) is 15.9 Å². The molecule has 0 spiro atoms. The summed E-state index contributed by atoms with van der Waals surface area (Å²) in [6.45, 7) is 2.30. The Labute approximate surface area is 153 Å². The van der Waals surface area contributed by atoms with Crippen molar-refractivity contribution in [3.05, 3.63) is 63.6 Å². The Morgan fingerprint density at radius 2 is 1.80 bits per heavy atom. The summed E-state index contributed by atoms with van der Waals surface area (Å²) in [5.74, 6) is -1.43. The number of imide groups is 1. The smallest absolute Gasteiger partial charge is 0.340 e. The van der Waals surface area contributed by atoms with Gasteiger partial charge in [0, 0.05) is 4.47 Å². The molecule has 1 heterocycles. The van der Waals surface area contributed by atoms with Crippen molar-refractivity contribution in [1.82, 2.24) is 0 Å². The Bertz CT molecular complexity index is 862. The lowest BCUT2D eigenvalue weighted by atomic mass is 10.1. The summed E-state index contributed by atoms with van der Waals surface area (Å²) in [6, 6.07) is 11.4. The lowest BCUT2D eigenvalue weighted by Crippen LogP contribution is -2.31. The van der Waals surface area contributed by atoms with E-state index in [1.54, 1.807) is 42.5 Å². The van der Waals surface area contributed by atoms with Gasteiger partial charge in [0.2, 0.25) is 0 Å². The zero-order valence-corrected chi connectivity index (χ0v) is 15.2. The van der Waals surface area contributed by atoms with Crippen LogP contribution in [-0.4, -0.2) is 24.4 Å². The molecule has 0 unspecified atom stereocenters. The molecule has 2 aromatic carbocycles. The van der Waals surface area contributed by atoms with E-state index in [-0.39, 0.29) is 11.3 Å². The van der Waals surface area contributed by atoms with Crippen molar-refractivity contribution >= 4 is 39.4 Å². The number of ether oxygens (including phenoxy) is 1. The average molecular weight is 402 g/mol. The van der Waals surface area contributed by atoms with Gasteiger partial charge >= 0.3 is 5.97 Å². The quantitative estimate of drug-likeness (QED) is 0.427. The standard InChI is InChI=1S/C19H16BrNO4/c1-2-3-10-25-19(24)14-6-4-5-7-16(14)21-17(22)13-9-8-12(20)11-15(13)18(21)23/h4-9,11H,2-3,10H2,1H3. The molecular formula is C19H16BrNO4. The first kappa shape index (κ1) is 17.4. The number of para-hydroxylation sites is 1. The van der Waals surface area contributed by atoms with Gasteiger partial charge in [0.1, 0.15) is 0 Å². The van der Waals surface area contributed by atoms with Crippen molar-refractivity contribution < 1.29 is 19.1 Å². The average Bonchev–Trinajstić information content (AvgIpc) is 2.85. The number of carbonyl (C=O) groups excluding carboxylic acids is 3. The molecule has 3 rings (SSSR count). The first-order valence-electron chi connectivity index (χ1n) is 7.99. The number of amides is 2. The number of rotatable bonds is 5. The van der Waals surface area contributed by atoms with Crippen LogP contribution in [0.2, 0.25) is 0 Å². The minimum absolute atomic E-state index is 0.201. The molecule has 2 amide bonds. The summed E-state index contributed by atoms with van der Waals surface area (Å²) in [5, 5.41) is 0. The van der Waals surface area contributed by atoms with Crippen LogP contribution in [0.5, 0.6) is 0 Å². The van der Waals surface area contributed by atoms with Crippen LogP contribution in [0, 0.1) is 0 Å². The van der Waals surface area contributed by atoms with Crippen LogP contribution in [0.4, 0.5) is 5.69 Å². The molecular weight excluding hydrogens is 386 g/mol. The molecule has 2 aromatic rings. The van der Waals surface area contributed by atoms with Crippen LogP contribution >= 0.6 is 15.9 Å². The Hall–Kier alpha value is -2.47. The van der Waals surface area contributed by atoms with Crippen molar-refractivity contribution in [2.45, 2.75) is 19.8 Å². The van der Waals surface area contributed by atoms with Crippen LogP contribution in [0.3, 0.4) is 0 Å². The summed E-state index contributed by atoms with van der Waals surface area (Å²) < 4.78 is 5.95. The Kier molecular flexibility index (Phi) is 4.99. The first-order valence-corrected chi connectivity index (χ1v) is 8.78. The first-order chi connectivity index (χ1) is 12.0. The molecule has 0 aliphatic carbocycles. The molecule has 0 saturated heterocycles. The Balaban J connectivity index is 1.97. The maximum Gasteiger partial charge on any atom is 0.340 e. The van der Waals surface area contributed by atoms with E-state index in [1.807, 2.05) is 6.92 Å². The van der Waals surface area contributed by atoms with E-state index >= 15 is 0 Å². The monoisotopic (exact) mass is 401 g/mol. The molecule has 0 atom stereocenters. The summed E-state index contributed by atoms with van der Waals surface area (Å²) >= 11 is 3.31. The SMILES string of the molecule is CCCCOC(=O)c1ccccc1N1C(=O)c2ccc(Br)cc2C1=O. The van der Waals surface area contributed by atoms with E-state index in [4.69, 9.17) is 4.74 Å². The molecule has 6 heteroatoms. The predicted molar refractivity (Wildman–Crippen MR) is 96.9 cm³/mol. The lowest BCUT2D eigenvalue weighted by Gasteiger charge is -2.17. The molecule has 128 valence electrons. The van der Waals surface area contributed by atoms with Gasteiger partial charge in [0.15, 0.2) is 0 Å². The second kappa shape index (κ2) is 7.19. The van der Waals surface area contributed by atoms with Crippen LogP contribution in [0.15, 0.2) is 46.9 Å². The summed E-state index contributed by atoms with van der Waals surface area (Å²) in [6.07, 6.45) is 1.66. The van der Waals surface area contributed by atoms with Gasteiger partial charge in [0.05, 0.1) is 29.0 Å². The molecule has 1 aliphatic heterocycles. The summed E-state index contributed by atoms with van der Waals surface area (Å²) in [5.41, 5.74) is 1.08. The van der Waals surface area contributed by atoms with Crippen LogP contribution in [-0.2, 0) is 4.74 Å². The third kappa shape index (κ3) is 3.22. The number of halogens is 1. The number of anilines is 1. The fourth-order valence-electron chi connectivity index (χ4n) is 2.66. The molecule has 0 saturated carbocycles. The van der Waals surface area contributed by atoms with Crippen molar-refractivity contribution in [2.75, 3.05) is 11.5 Å². The van der Waals surface area contributed by atoms with Gasteiger partial charge in [-0.25, -0.2) is 9.69 Å². The van der Waals surface area contributed by atoms with Gasteiger partial charge in [0.25, 0.3) is 11.8 Å². The molecule has 5 nitrogen and oxygen atoms in total. The summed E-state index contributed by atoms with van der Waals surface area (Å²) in [7, 11) is 0. The van der Waals surface area contributed by atoms with Gasteiger partial charge in [-0.3, -0.25) is 9.59 Å². The fraction of sp³-hybridized carbons (Fsp3) is 0.211. The van der Waals surface area contributed by atoms with E-state index in [1.165, 1.54) is 0 Å². The third-order valence-electron chi connectivity index (χ3n) is 3.94. The third-order valence-corrected chi connectivity index (χ3v) is 4.44. The van der Waals surface area contributed by atoms with E-state index < -0.39 is 17.8 Å². The molecule has 1 aliphatic rings. The second-order valence-electron chi connectivity index (χ2n) is 5.64. The second-order valence-corrected chi connectivity index (χ2v) is 6.56. The zero-order chi connectivity index (χ0) is 18.0. The number of fused-ring (bicyclic) bond motifs is 1. The van der Waals surface area contributed by atoms with Crippen molar-refractivity contribution in [3.63, 3.8) is 0 Å². The largest absolute Gasteiger partial charge is 0.462 e. The lowest BCUT2D eigenvalue weighted by molar-refractivity contribution is 0.0501. The molecule has 0 bridgehead atoms. The number of unbranched alkanes of at least 4 members (excludes halogenated alkanes) is 1. The van der Waals surface area contributed by atoms with Crippen LogP contribution in [0.1, 0.15) is 50.8 Å². The normalized spacial score (nSPS) is 13.1. The van der Waals surface area contributed by atoms with Gasteiger partial charge < -0.3 is 4.74 Å². The van der Waals surface area contributed by atoms with Crippen molar-refractivity contribution in [2.24, 2.45) is 0 Å². The van der Waals surface area contributed by atoms with Crippen LogP contribution < -0.4 is 4.90 Å². The molecule has 0 aromatic heterocycles. The number of hydrogen-bond acceptors (Lipinski definition) is 4. The number of esters is 1.